The van der Waals surface area contributed by atoms with E-state index in [4.69, 9.17) is 0 Å². The summed E-state index contributed by atoms with van der Waals surface area (Å²) in [5.41, 5.74) is 1.88. The van der Waals surface area contributed by atoms with E-state index < -0.39 is 0 Å². The molecule has 1 saturated carbocycles. The third-order valence-corrected chi connectivity index (χ3v) is 5.42. The molecule has 1 unspecified atom stereocenters. The summed E-state index contributed by atoms with van der Waals surface area (Å²) in [6, 6.07) is 8.83. The zero-order chi connectivity index (χ0) is 11.9. The molecule has 0 radical (unpaired) electrons. The summed E-state index contributed by atoms with van der Waals surface area (Å²) in [5.74, 6) is 0.913. The van der Waals surface area contributed by atoms with Gasteiger partial charge in [0.05, 0.1) is 0 Å². The van der Waals surface area contributed by atoms with Gasteiger partial charge in [-0.3, -0.25) is 0 Å². The highest BCUT2D eigenvalue weighted by Gasteiger charge is 2.37. The van der Waals surface area contributed by atoms with Gasteiger partial charge >= 0.3 is 0 Å². The molecule has 1 heterocycles. The molecule has 2 heteroatoms. The molecule has 1 aromatic carbocycles. The Bertz CT molecular complexity index is 384. The lowest BCUT2D eigenvalue weighted by Crippen LogP contribution is -2.44. The van der Waals surface area contributed by atoms with Crippen molar-refractivity contribution in [1.82, 2.24) is 5.32 Å². The van der Waals surface area contributed by atoms with Crippen LogP contribution in [0.1, 0.15) is 32.3 Å². The molecule has 1 fully saturated rings. The summed E-state index contributed by atoms with van der Waals surface area (Å²) in [6.07, 6.45) is 4.06. The first-order chi connectivity index (χ1) is 8.15. The van der Waals surface area contributed by atoms with Crippen molar-refractivity contribution < 1.29 is 0 Å². The van der Waals surface area contributed by atoms with E-state index in [9.17, 15) is 0 Å². The highest BCUT2D eigenvalue weighted by Crippen LogP contribution is 2.40. The van der Waals surface area contributed by atoms with Gasteiger partial charge in [-0.1, -0.05) is 18.2 Å². The van der Waals surface area contributed by atoms with Crippen LogP contribution in [0.4, 0.5) is 0 Å². The lowest BCUT2D eigenvalue weighted by molar-refractivity contribution is 0.343. The van der Waals surface area contributed by atoms with Crippen LogP contribution < -0.4 is 5.32 Å². The van der Waals surface area contributed by atoms with Gasteiger partial charge in [0.1, 0.15) is 0 Å². The van der Waals surface area contributed by atoms with Gasteiger partial charge in [-0.15, -0.1) is 11.8 Å². The second kappa shape index (κ2) is 4.33. The number of nitrogens with one attached hydrogen (secondary N) is 1. The van der Waals surface area contributed by atoms with Crippen LogP contribution in [0.2, 0.25) is 0 Å². The number of thioether (sulfide) groups is 1. The van der Waals surface area contributed by atoms with Crippen molar-refractivity contribution in [3.63, 3.8) is 0 Å². The second-order valence-electron chi connectivity index (χ2n) is 5.93. The van der Waals surface area contributed by atoms with Gasteiger partial charge < -0.3 is 5.32 Å². The lowest BCUT2D eigenvalue weighted by atomic mass is 9.98. The maximum Gasteiger partial charge on any atom is 0.0260 e. The molecule has 17 heavy (non-hydrogen) atoms. The van der Waals surface area contributed by atoms with Gasteiger partial charge in [-0.2, -0.15) is 0 Å². The molecule has 2 aliphatic rings. The highest BCUT2D eigenvalue weighted by atomic mass is 32.2. The van der Waals surface area contributed by atoms with Gasteiger partial charge in [-0.25, -0.2) is 0 Å². The van der Waals surface area contributed by atoms with Crippen molar-refractivity contribution in [3.8, 4) is 0 Å². The summed E-state index contributed by atoms with van der Waals surface area (Å²) >= 11 is 2.05. The fraction of sp³-hybridized carbons (Fsp3) is 0.600. The Kier molecular flexibility index (Phi) is 2.95. The second-order valence-corrected chi connectivity index (χ2v) is 7.27. The summed E-state index contributed by atoms with van der Waals surface area (Å²) in [5, 5.41) is 4.50. The van der Waals surface area contributed by atoms with Gasteiger partial charge in [0.15, 0.2) is 0 Å². The molecule has 1 aliphatic heterocycles. The monoisotopic (exact) mass is 247 g/mol. The van der Waals surface area contributed by atoms with Gasteiger partial charge in [0, 0.05) is 22.2 Å². The topological polar surface area (TPSA) is 12.0 Å². The average molecular weight is 247 g/mol. The van der Waals surface area contributed by atoms with Gasteiger partial charge in [0.2, 0.25) is 0 Å². The maximum absolute atomic E-state index is 3.78. The standard InChI is InChI=1S/C15H21NS/c1-15(2,12-7-8-12)16-10-13-9-11-5-3-4-6-14(11)17-13/h3-6,12-13,16H,7-10H2,1-2H3. The smallest absolute Gasteiger partial charge is 0.0260 e. The maximum atomic E-state index is 3.78. The van der Waals surface area contributed by atoms with Crippen LogP contribution in [0.25, 0.3) is 0 Å². The molecule has 1 atom stereocenters. The molecular formula is C15H21NS. The molecular weight excluding hydrogens is 226 g/mol. The Morgan fingerprint density at radius 1 is 1.29 bits per heavy atom. The van der Waals surface area contributed by atoms with Crippen molar-refractivity contribution in [1.29, 1.82) is 0 Å². The van der Waals surface area contributed by atoms with Crippen molar-refractivity contribution >= 4 is 11.8 Å². The van der Waals surface area contributed by atoms with E-state index in [1.807, 2.05) is 11.8 Å². The van der Waals surface area contributed by atoms with Crippen LogP contribution in [-0.2, 0) is 6.42 Å². The van der Waals surface area contributed by atoms with E-state index in [0.717, 1.165) is 17.7 Å². The first-order valence-electron chi connectivity index (χ1n) is 6.65. The molecule has 0 amide bonds. The molecule has 0 aromatic heterocycles. The SMILES string of the molecule is CC(C)(NCC1Cc2ccccc2S1)C1CC1. The molecule has 0 saturated heterocycles. The van der Waals surface area contributed by atoms with Crippen LogP contribution in [-0.4, -0.2) is 17.3 Å². The first kappa shape index (κ1) is 11.6. The van der Waals surface area contributed by atoms with E-state index in [-0.39, 0.29) is 0 Å². The van der Waals surface area contributed by atoms with Gasteiger partial charge in [0.25, 0.3) is 0 Å². The molecule has 3 rings (SSSR count). The number of hydrogen-bond donors (Lipinski definition) is 1. The molecule has 0 bridgehead atoms. The Hall–Kier alpha value is -0.470. The zero-order valence-electron chi connectivity index (χ0n) is 10.7. The van der Waals surface area contributed by atoms with Crippen molar-refractivity contribution in [2.75, 3.05) is 6.54 Å². The molecule has 92 valence electrons. The Labute approximate surface area is 108 Å². The minimum atomic E-state index is 0.343. The predicted octanol–water partition coefficient (Wildman–Crippen LogP) is 3.48. The van der Waals surface area contributed by atoms with Crippen molar-refractivity contribution in [2.45, 2.75) is 48.8 Å². The third-order valence-electron chi connectivity index (χ3n) is 4.10. The predicted molar refractivity (Wildman–Crippen MR) is 74.6 cm³/mol. The molecule has 1 N–H and O–H groups in total. The number of fused-ring (bicyclic) bond motifs is 1. The summed E-state index contributed by atoms with van der Waals surface area (Å²) in [4.78, 5) is 1.49. The van der Waals surface area contributed by atoms with Crippen molar-refractivity contribution in [3.05, 3.63) is 29.8 Å². The largest absolute Gasteiger partial charge is 0.310 e. The van der Waals surface area contributed by atoms with Crippen LogP contribution in [0.15, 0.2) is 29.2 Å². The molecule has 1 aliphatic carbocycles. The number of benzene rings is 1. The minimum absolute atomic E-state index is 0.343. The lowest BCUT2D eigenvalue weighted by Gasteiger charge is -2.27. The first-order valence-corrected chi connectivity index (χ1v) is 7.53. The fourth-order valence-corrected chi connectivity index (χ4v) is 3.94. The molecule has 0 spiro atoms. The Morgan fingerprint density at radius 3 is 2.76 bits per heavy atom. The normalized spacial score (nSPS) is 23.8. The van der Waals surface area contributed by atoms with Crippen LogP contribution in [0.5, 0.6) is 0 Å². The summed E-state index contributed by atoms with van der Waals surface area (Å²) in [7, 11) is 0. The van der Waals surface area contributed by atoms with Crippen LogP contribution in [0, 0.1) is 5.92 Å². The van der Waals surface area contributed by atoms with E-state index >= 15 is 0 Å². The highest BCUT2D eigenvalue weighted by molar-refractivity contribution is 8.00. The van der Waals surface area contributed by atoms with E-state index in [2.05, 4.69) is 43.4 Å². The molecule has 1 nitrogen and oxygen atoms in total. The van der Waals surface area contributed by atoms with Crippen LogP contribution >= 0.6 is 11.8 Å². The van der Waals surface area contributed by atoms with Gasteiger partial charge in [-0.05, 0) is 50.7 Å². The molecule has 1 aromatic rings. The van der Waals surface area contributed by atoms with E-state index in [1.165, 1.54) is 29.7 Å². The van der Waals surface area contributed by atoms with Crippen LogP contribution in [0.3, 0.4) is 0 Å². The number of hydrogen-bond acceptors (Lipinski definition) is 2. The fourth-order valence-electron chi connectivity index (χ4n) is 2.69. The summed E-state index contributed by atoms with van der Waals surface area (Å²) < 4.78 is 0. The Balaban J connectivity index is 1.55. The van der Waals surface area contributed by atoms with Crippen molar-refractivity contribution in [2.24, 2.45) is 5.92 Å². The van der Waals surface area contributed by atoms with E-state index in [1.54, 1.807) is 0 Å². The van der Waals surface area contributed by atoms with E-state index in [0.29, 0.717) is 5.54 Å². The zero-order valence-corrected chi connectivity index (χ0v) is 11.5. The average Bonchev–Trinajstić information content (AvgIpc) is 3.07. The third kappa shape index (κ3) is 2.53. The minimum Gasteiger partial charge on any atom is -0.310 e. The Morgan fingerprint density at radius 2 is 2.06 bits per heavy atom. The quantitative estimate of drug-likeness (QED) is 0.874. The number of rotatable bonds is 4. The summed E-state index contributed by atoms with van der Waals surface area (Å²) in [6.45, 7) is 5.86.